The fourth-order valence-electron chi connectivity index (χ4n) is 4.40. The number of hydrogen-bond acceptors (Lipinski definition) is 7. The molecule has 0 saturated carbocycles. The van der Waals surface area contributed by atoms with Gasteiger partial charge in [-0.2, -0.15) is 4.98 Å². The van der Waals surface area contributed by atoms with E-state index in [0.717, 1.165) is 42.8 Å². The van der Waals surface area contributed by atoms with Crippen molar-refractivity contribution in [3.05, 3.63) is 72.3 Å². The first-order valence-electron chi connectivity index (χ1n) is 13.4. The van der Waals surface area contributed by atoms with Crippen LogP contribution in [0.1, 0.15) is 26.3 Å². The highest BCUT2D eigenvalue weighted by molar-refractivity contribution is 7.94. The summed E-state index contributed by atoms with van der Waals surface area (Å²) in [4.78, 5) is 25.9. The van der Waals surface area contributed by atoms with Crippen molar-refractivity contribution in [2.75, 3.05) is 43.3 Å². The fraction of sp³-hybridized carbons (Fsp3) is 0.345. The minimum Gasteiger partial charge on any atom is -0.340 e. The van der Waals surface area contributed by atoms with Gasteiger partial charge in [-0.3, -0.25) is 9.52 Å². The minimum atomic E-state index is -3.82. The molecule has 2 aromatic heterocycles. The minimum absolute atomic E-state index is 0.128. The molecule has 5 rings (SSSR count). The van der Waals surface area contributed by atoms with Gasteiger partial charge in [-0.1, -0.05) is 12.1 Å². The summed E-state index contributed by atoms with van der Waals surface area (Å²) in [6.07, 6.45) is 3.80. The molecule has 2 N–H and O–H groups in total. The molecule has 4 aromatic rings. The predicted molar refractivity (Wildman–Crippen MR) is 159 cm³/mol. The summed E-state index contributed by atoms with van der Waals surface area (Å²) in [5.74, 6) is -0.193. The van der Waals surface area contributed by atoms with E-state index in [0.29, 0.717) is 23.7 Å². The molecule has 0 radical (unpaired) electrons. The van der Waals surface area contributed by atoms with Crippen LogP contribution in [0.5, 0.6) is 0 Å². The Labute approximate surface area is 239 Å². The third kappa shape index (κ3) is 6.33. The first kappa shape index (κ1) is 28.5. The third-order valence-electron chi connectivity index (χ3n) is 7.13. The van der Waals surface area contributed by atoms with Gasteiger partial charge in [0.25, 0.3) is 0 Å². The molecule has 1 aliphatic rings. The Hall–Kier alpha value is -4.03. The van der Waals surface area contributed by atoms with E-state index in [-0.39, 0.29) is 11.6 Å². The van der Waals surface area contributed by atoms with Crippen molar-refractivity contribution < 1.29 is 17.6 Å². The van der Waals surface area contributed by atoms with Gasteiger partial charge < -0.3 is 19.7 Å². The SMILES string of the molecule is CN1CCN(C(=O)Cc2ccc(Nc3ncc4ccn(-c5ccc(F)c(NS(=O)(=O)C(C)(C)C)c5)c4n3)cc2)CC1. The summed E-state index contributed by atoms with van der Waals surface area (Å²) < 4.78 is 42.8. The van der Waals surface area contributed by atoms with Crippen molar-refractivity contribution in [3.8, 4) is 5.69 Å². The second kappa shape index (κ2) is 11.1. The molecular formula is C29H34FN7O3S. The van der Waals surface area contributed by atoms with E-state index < -0.39 is 20.6 Å². The maximum atomic E-state index is 14.6. The van der Waals surface area contributed by atoms with Crippen LogP contribution >= 0.6 is 0 Å². The summed E-state index contributed by atoms with van der Waals surface area (Å²) in [6, 6.07) is 13.6. The maximum absolute atomic E-state index is 14.6. The lowest BCUT2D eigenvalue weighted by molar-refractivity contribution is -0.132. The zero-order valence-electron chi connectivity index (χ0n) is 23.6. The molecule has 0 unspecified atom stereocenters. The summed E-state index contributed by atoms with van der Waals surface area (Å²) in [6.45, 7) is 7.92. The normalized spacial score (nSPS) is 14.8. The van der Waals surface area contributed by atoms with Crippen LogP contribution in [0.3, 0.4) is 0 Å². The molecule has 1 amide bonds. The van der Waals surface area contributed by atoms with E-state index in [1.807, 2.05) is 35.2 Å². The van der Waals surface area contributed by atoms with Gasteiger partial charge in [0.1, 0.15) is 11.5 Å². The van der Waals surface area contributed by atoms with Crippen LogP contribution in [0.2, 0.25) is 0 Å². The summed E-state index contributed by atoms with van der Waals surface area (Å²) in [7, 11) is -1.76. The van der Waals surface area contributed by atoms with Crippen molar-refractivity contribution >= 4 is 44.3 Å². The monoisotopic (exact) mass is 579 g/mol. The molecule has 0 spiro atoms. The quantitative estimate of drug-likeness (QED) is 0.338. The van der Waals surface area contributed by atoms with Gasteiger partial charge in [0.15, 0.2) is 0 Å². The van der Waals surface area contributed by atoms with Gasteiger partial charge in [0.2, 0.25) is 21.9 Å². The Morgan fingerprint density at radius 3 is 2.41 bits per heavy atom. The number of carbonyl (C=O) groups excluding carboxylic acids is 1. The van der Waals surface area contributed by atoms with Crippen LogP contribution in [0.4, 0.5) is 21.7 Å². The van der Waals surface area contributed by atoms with Crippen molar-refractivity contribution in [1.82, 2.24) is 24.3 Å². The van der Waals surface area contributed by atoms with E-state index in [9.17, 15) is 17.6 Å². The topological polar surface area (TPSA) is 112 Å². The van der Waals surface area contributed by atoms with Crippen molar-refractivity contribution in [3.63, 3.8) is 0 Å². The molecule has 3 heterocycles. The molecule has 0 atom stereocenters. The van der Waals surface area contributed by atoms with Crippen LogP contribution in [-0.2, 0) is 21.2 Å². The number of halogens is 1. The summed E-state index contributed by atoms with van der Waals surface area (Å²) in [5, 5.41) is 3.95. The molecule has 1 saturated heterocycles. The number of nitrogens with zero attached hydrogens (tertiary/aromatic N) is 5. The molecule has 1 aliphatic heterocycles. The van der Waals surface area contributed by atoms with E-state index in [1.165, 1.54) is 12.1 Å². The number of nitrogens with one attached hydrogen (secondary N) is 2. The van der Waals surface area contributed by atoms with Crippen LogP contribution in [0, 0.1) is 5.82 Å². The Bertz CT molecular complexity index is 1670. The average molecular weight is 580 g/mol. The number of benzene rings is 2. The Kier molecular flexibility index (Phi) is 7.71. The largest absolute Gasteiger partial charge is 0.340 e. The number of fused-ring (bicyclic) bond motifs is 1. The smallest absolute Gasteiger partial charge is 0.237 e. The number of carbonyl (C=O) groups is 1. The number of hydrogen-bond donors (Lipinski definition) is 2. The van der Waals surface area contributed by atoms with Crippen LogP contribution in [0.15, 0.2) is 60.9 Å². The van der Waals surface area contributed by atoms with Crippen molar-refractivity contribution in [2.24, 2.45) is 0 Å². The Morgan fingerprint density at radius 1 is 1.02 bits per heavy atom. The highest BCUT2D eigenvalue weighted by atomic mass is 32.2. The number of anilines is 3. The van der Waals surface area contributed by atoms with Crippen LogP contribution in [0.25, 0.3) is 16.7 Å². The van der Waals surface area contributed by atoms with E-state index in [2.05, 4.69) is 32.0 Å². The van der Waals surface area contributed by atoms with Gasteiger partial charge in [-0.05, 0) is 69.8 Å². The second-order valence-corrected chi connectivity index (χ2v) is 13.7. The highest BCUT2D eigenvalue weighted by Crippen LogP contribution is 2.27. The maximum Gasteiger partial charge on any atom is 0.237 e. The third-order valence-corrected chi connectivity index (χ3v) is 9.23. The molecule has 0 aliphatic carbocycles. The first-order valence-corrected chi connectivity index (χ1v) is 14.9. The number of piperazine rings is 1. The van der Waals surface area contributed by atoms with Gasteiger partial charge in [-0.15, -0.1) is 0 Å². The molecule has 0 bridgehead atoms. The lowest BCUT2D eigenvalue weighted by atomic mass is 10.1. The lowest BCUT2D eigenvalue weighted by Crippen LogP contribution is -2.47. The van der Waals surface area contributed by atoms with Gasteiger partial charge >= 0.3 is 0 Å². The van der Waals surface area contributed by atoms with Gasteiger partial charge in [0.05, 0.1) is 16.9 Å². The predicted octanol–water partition coefficient (Wildman–Crippen LogP) is 4.16. The second-order valence-electron chi connectivity index (χ2n) is 11.2. The molecule has 12 heteroatoms. The van der Waals surface area contributed by atoms with Crippen LogP contribution in [-0.4, -0.2) is 76.6 Å². The molecule has 10 nitrogen and oxygen atoms in total. The van der Waals surface area contributed by atoms with Crippen molar-refractivity contribution in [2.45, 2.75) is 31.9 Å². The van der Waals surface area contributed by atoms with Gasteiger partial charge in [0, 0.05) is 55.3 Å². The zero-order valence-corrected chi connectivity index (χ0v) is 24.4. The zero-order chi connectivity index (χ0) is 29.4. The van der Waals surface area contributed by atoms with E-state index in [1.54, 1.807) is 43.8 Å². The van der Waals surface area contributed by atoms with Crippen molar-refractivity contribution in [1.29, 1.82) is 0 Å². The van der Waals surface area contributed by atoms with E-state index >= 15 is 0 Å². The van der Waals surface area contributed by atoms with Gasteiger partial charge in [-0.25, -0.2) is 17.8 Å². The number of likely N-dealkylation sites (N-methyl/N-ethyl adjacent to an activating group) is 1. The lowest BCUT2D eigenvalue weighted by Gasteiger charge is -2.32. The number of aromatic nitrogens is 3. The van der Waals surface area contributed by atoms with E-state index in [4.69, 9.17) is 0 Å². The first-order chi connectivity index (χ1) is 19.4. The molecule has 2 aromatic carbocycles. The Morgan fingerprint density at radius 2 is 1.73 bits per heavy atom. The summed E-state index contributed by atoms with van der Waals surface area (Å²) >= 11 is 0. The average Bonchev–Trinajstić information content (AvgIpc) is 3.34. The van der Waals surface area contributed by atoms with Crippen LogP contribution < -0.4 is 10.0 Å². The standard InChI is InChI=1S/C29H34FN7O3S/c1-29(2,3)41(39,40)34-25-18-23(9-10-24(25)30)37-12-11-21-19-31-28(33-27(21)37)32-22-7-5-20(6-8-22)17-26(38)36-15-13-35(4)14-16-36/h5-12,18-19,34H,13-17H2,1-4H3,(H,31,32,33). The molecule has 216 valence electrons. The Balaban J connectivity index is 1.32. The number of amides is 1. The molecule has 1 fully saturated rings. The summed E-state index contributed by atoms with van der Waals surface area (Å²) in [5.41, 5.74) is 2.65. The number of rotatable bonds is 7. The highest BCUT2D eigenvalue weighted by Gasteiger charge is 2.30. The number of sulfonamides is 1. The fourth-order valence-corrected chi connectivity index (χ4v) is 5.16. The molecular weight excluding hydrogens is 545 g/mol. The molecule has 41 heavy (non-hydrogen) atoms.